The summed E-state index contributed by atoms with van der Waals surface area (Å²) in [5.74, 6) is 0.475. The zero-order valence-corrected chi connectivity index (χ0v) is 14.8. The number of rotatable bonds is 8. The van der Waals surface area contributed by atoms with Gasteiger partial charge in [0.2, 0.25) is 10.0 Å². The van der Waals surface area contributed by atoms with Gasteiger partial charge in [-0.1, -0.05) is 13.8 Å². The maximum absolute atomic E-state index is 12.7. The smallest absolute Gasteiger partial charge is 0.246 e. The molecule has 1 rings (SSSR count). The molecular weight excluding hydrogens is 288 g/mol. The molecule has 7 heteroatoms. The molecule has 0 amide bonds. The largest absolute Gasteiger partial charge is 0.318 e. The molecular formula is C14H28N4O2S. The summed E-state index contributed by atoms with van der Waals surface area (Å²) >= 11 is 0. The van der Waals surface area contributed by atoms with Gasteiger partial charge in [0.25, 0.3) is 0 Å². The Labute approximate surface area is 128 Å². The van der Waals surface area contributed by atoms with Crippen molar-refractivity contribution in [2.75, 3.05) is 27.2 Å². The summed E-state index contributed by atoms with van der Waals surface area (Å²) in [5.41, 5.74) is 1.28. The quantitative estimate of drug-likeness (QED) is 0.787. The monoisotopic (exact) mass is 316 g/mol. The van der Waals surface area contributed by atoms with Crippen LogP contribution in [0.5, 0.6) is 0 Å². The summed E-state index contributed by atoms with van der Waals surface area (Å²) in [6.07, 6.45) is 0.849. The topological polar surface area (TPSA) is 67.2 Å². The highest BCUT2D eigenvalue weighted by Crippen LogP contribution is 2.23. The minimum atomic E-state index is -3.47. The number of nitrogens with zero attached hydrogens (tertiary/aromatic N) is 3. The molecule has 1 heterocycles. The number of aromatic nitrogens is 2. The Hall–Kier alpha value is -0.920. The van der Waals surface area contributed by atoms with E-state index in [4.69, 9.17) is 0 Å². The van der Waals surface area contributed by atoms with Crippen molar-refractivity contribution in [1.82, 2.24) is 19.4 Å². The second kappa shape index (κ2) is 7.38. The van der Waals surface area contributed by atoms with Crippen molar-refractivity contribution in [3.05, 3.63) is 11.4 Å². The van der Waals surface area contributed by atoms with Crippen LogP contribution in [0.3, 0.4) is 0 Å². The number of sulfonamides is 1. The summed E-state index contributed by atoms with van der Waals surface area (Å²) in [7, 11) is 0.0339. The standard InChI is InChI=1S/C14H28N4O2S/c1-11(2)7-9-17(6)21(19,20)14-12(3)16-18(13(14)4)10-8-15-5/h11,15H,7-10H2,1-6H3. The molecule has 21 heavy (non-hydrogen) atoms. The van der Waals surface area contributed by atoms with Crippen LogP contribution in [0, 0.1) is 19.8 Å². The molecule has 0 saturated carbocycles. The molecule has 0 aliphatic carbocycles. The third-order valence-corrected chi connectivity index (χ3v) is 5.69. The van der Waals surface area contributed by atoms with Gasteiger partial charge in [-0.15, -0.1) is 0 Å². The molecule has 6 nitrogen and oxygen atoms in total. The lowest BCUT2D eigenvalue weighted by Gasteiger charge is -2.18. The Balaban J connectivity index is 3.05. The van der Waals surface area contributed by atoms with Crippen LogP contribution in [0.25, 0.3) is 0 Å². The minimum absolute atomic E-state index is 0.352. The van der Waals surface area contributed by atoms with Crippen molar-refractivity contribution < 1.29 is 8.42 Å². The first-order valence-electron chi connectivity index (χ1n) is 7.36. The first kappa shape index (κ1) is 18.1. The van der Waals surface area contributed by atoms with E-state index in [0.717, 1.165) is 13.0 Å². The van der Waals surface area contributed by atoms with Crippen LogP contribution in [0.15, 0.2) is 4.90 Å². The second-order valence-corrected chi connectivity index (χ2v) is 7.82. The third-order valence-electron chi connectivity index (χ3n) is 3.58. The fourth-order valence-corrected chi connectivity index (χ4v) is 3.76. The fourth-order valence-electron chi connectivity index (χ4n) is 2.21. The molecule has 0 atom stereocenters. The van der Waals surface area contributed by atoms with E-state index in [1.165, 1.54) is 4.31 Å². The molecule has 1 aromatic rings. The van der Waals surface area contributed by atoms with E-state index in [2.05, 4.69) is 24.3 Å². The van der Waals surface area contributed by atoms with Gasteiger partial charge < -0.3 is 5.32 Å². The van der Waals surface area contributed by atoms with E-state index in [0.29, 0.717) is 35.3 Å². The number of likely N-dealkylation sites (N-methyl/N-ethyl adjacent to an activating group) is 1. The van der Waals surface area contributed by atoms with Gasteiger partial charge in [0, 0.05) is 20.1 Å². The first-order chi connectivity index (χ1) is 9.71. The Morgan fingerprint density at radius 2 is 1.95 bits per heavy atom. The van der Waals surface area contributed by atoms with Gasteiger partial charge in [-0.25, -0.2) is 12.7 Å². The van der Waals surface area contributed by atoms with E-state index < -0.39 is 10.0 Å². The normalized spacial score (nSPS) is 12.6. The van der Waals surface area contributed by atoms with Crippen LogP contribution in [0.1, 0.15) is 31.7 Å². The minimum Gasteiger partial charge on any atom is -0.318 e. The van der Waals surface area contributed by atoms with Crippen LogP contribution < -0.4 is 5.32 Å². The molecule has 0 spiro atoms. The van der Waals surface area contributed by atoms with E-state index in [-0.39, 0.29) is 0 Å². The zero-order valence-electron chi connectivity index (χ0n) is 14.0. The number of nitrogens with one attached hydrogen (secondary N) is 1. The van der Waals surface area contributed by atoms with Gasteiger partial charge in [0.15, 0.2) is 0 Å². The Morgan fingerprint density at radius 3 is 2.48 bits per heavy atom. The van der Waals surface area contributed by atoms with E-state index in [1.54, 1.807) is 18.7 Å². The number of hydrogen-bond donors (Lipinski definition) is 1. The summed E-state index contributed by atoms with van der Waals surface area (Å²) in [5, 5.41) is 7.41. The molecule has 0 saturated heterocycles. The summed E-state index contributed by atoms with van der Waals surface area (Å²) < 4.78 is 28.7. The van der Waals surface area contributed by atoms with Crippen LogP contribution in [-0.4, -0.2) is 49.7 Å². The second-order valence-electron chi connectivity index (χ2n) is 5.84. The van der Waals surface area contributed by atoms with Crippen LogP contribution in [0.4, 0.5) is 0 Å². The van der Waals surface area contributed by atoms with Crippen molar-refractivity contribution >= 4 is 10.0 Å². The number of aryl methyl sites for hydroxylation is 1. The molecule has 0 unspecified atom stereocenters. The van der Waals surface area contributed by atoms with Crippen LogP contribution in [-0.2, 0) is 16.6 Å². The zero-order chi connectivity index (χ0) is 16.2. The molecule has 0 fully saturated rings. The molecule has 122 valence electrons. The highest BCUT2D eigenvalue weighted by molar-refractivity contribution is 7.89. The lowest BCUT2D eigenvalue weighted by Crippen LogP contribution is -2.29. The summed E-state index contributed by atoms with van der Waals surface area (Å²) in [4.78, 5) is 0.352. The lowest BCUT2D eigenvalue weighted by atomic mass is 10.1. The summed E-state index contributed by atoms with van der Waals surface area (Å²) in [6, 6.07) is 0. The van der Waals surface area contributed by atoms with Crippen molar-refractivity contribution in [3.63, 3.8) is 0 Å². The Morgan fingerprint density at radius 1 is 1.33 bits per heavy atom. The van der Waals surface area contributed by atoms with Gasteiger partial charge in [-0.2, -0.15) is 5.10 Å². The average Bonchev–Trinajstić information content (AvgIpc) is 2.68. The lowest BCUT2D eigenvalue weighted by molar-refractivity contribution is 0.427. The Bertz CT molecular complexity index is 564. The third kappa shape index (κ3) is 4.28. The van der Waals surface area contributed by atoms with Crippen molar-refractivity contribution in [2.24, 2.45) is 5.92 Å². The highest BCUT2D eigenvalue weighted by Gasteiger charge is 2.28. The summed E-state index contributed by atoms with van der Waals surface area (Å²) in [6.45, 7) is 9.70. The van der Waals surface area contributed by atoms with Gasteiger partial charge in [-0.3, -0.25) is 4.68 Å². The van der Waals surface area contributed by atoms with Gasteiger partial charge in [0.1, 0.15) is 4.90 Å². The highest BCUT2D eigenvalue weighted by atomic mass is 32.2. The molecule has 1 aromatic heterocycles. The number of hydrogen-bond acceptors (Lipinski definition) is 4. The van der Waals surface area contributed by atoms with Crippen molar-refractivity contribution in [3.8, 4) is 0 Å². The Kier molecular flexibility index (Phi) is 6.37. The first-order valence-corrected chi connectivity index (χ1v) is 8.80. The molecule has 1 N–H and O–H groups in total. The van der Waals surface area contributed by atoms with Crippen molar-refractivity contribution in [2.45, 2.75) is 45.6 Å². The predicted octanol–water partition coefficient (Wildman–Crippen LogP) is 1.39. The van der Waals surface area contributed by atoms with Gasteiger partial charge >= 0.3 is 0 Å². The maximum atomic E-state index is 12.7. The molecule has 0 aliphatic heterocycles. The molecule has 0 aromatic carbocycles. The maximum Gasteiger partial charge on any atom is 0.246 e. The van der Waals surface area contributed by atoms with Crippen molar-refractivity contribution in [1.29, 1.82) is 0 Å². The van der Waals surface area contributed by atoms with Gasteiger partial charge in [-0.05, 0) is 33.2 Å². The SMILES string of the molecule is CNCCn1nc(C)c(S(=O)(=O)N(C)CCC(C)C)c1C. The van der Waals surface area contributed by atoms with E-state index in [1.807, 2.05) is 14.0 Å². The molecule has 0 aliphatic rings. The molecule has 0 bridgehead atoms. The van der Waals surface area contributed by atoms with Crippen LogP contribution >= 0.6 is 0 Å². The fraction of sp³-hybridized carbons (Fsp3) is 0.786. The van der Waals surface area contributed by atoms with E-state index in [9.17, 15) is 8.42 Å². The molecule has 0 radical (unpaired) electrons. The van der Waals surface area contributed by atoms with E-state index >= 15 is 0 Å². The van der Waals surface area contributed by atoms with Crippen LogP contribution in [0.2, 0.25) is 0 Å². The van der Waals surface area contributed by atoms with Gasteiger partial charge in [0.05, 0.1) is 17.9 Å². The average molecular weight is 316 g/mol. The predicted molar refractivity (Wildman–Crippen MR) is 84.9 cm³/mol.